The number of rotatable bonds is 5. The number of nitro groups is 2. The average Bonchev–Trinajstić information content (AvgIpc) is 2.52. The number of ether oxygens (including phenoxy) is 1. The zero-order chi connectivity index (χ0) is 16.1. The van der Waals surface area contributed by atoms with E-state index in [0.717, 1.165) is 6.20 Å². The molecule has 0 aliphatic heterocycles. The van der Waals surface area contributed by atoms with Crippen molar-refractivity contribution in [1.29, 1.82) is 0 Å². The van der Waals surface area contributed by atoms with Crippen molar-refractivity contribution in [2.24, 2.45) is 0 Å². The Morgan fingerprint density at radius 2 is 1.82 bits per heavy atom. The molecular weight excluding hydrogens is 290 g/mol. The van der Waals surface area contributed by atoms with Gasteiger partial charge in [0, 0.05) is 12.3 Å². The van der Waals surface area contributed by atoms with Gasteiger partial charge in [0.05, 0.1) is 22.5 Å². The summed E-state index contributed by atoms with van der Waals surface area (Å²) >= 11 is 0. The first-order chi connectivity index (χ1) is 10.5. The fourth-order valence-electron chi connectivity index (χ4n) is 1.83. The average molecular weight is 301 g/mol. The van der Waals surface area contributed by atoms with Crippen molar-refractivity contribution < 1.29 is 14.6 Å². The maximum absolute atomic E-state index is 11.0. The molecule has 0 saturated carbocycles. The lowest BCUT2D eigenvalue weighted by Gasteiger charge is -2.02. The molecule has 0 aliphatic carbocycles. The van der Waals surface area contributed by atoms with Crippen LogP contribution in [0.1, 0.15) is 11.1 Å². The van der Waals surface area contributed by atoms with Crippen LogP contribution in [0.2, 0.25) is 0 Å². The summed E-state index contributed by atoms with van der Waals surface area (Å²) in [5, 5.41) is 21.8. The van der Waals surface area contributed by atoms with Gasteiger partial charge in [-0.25, -0.2) is 0 Å². The molecule has 1 aromatic carbocycles. The summed E-state index contributed by atoms with van der Waals surface area (Å²) in [6.45, 7) is 0. The van der Waals surface area contributed by atoms with Gasteiger partial charge in [0.15, 0.2) is 5.75 Å². The molecule has 1 heterocycles. The molecule has 8 nitrogen and oxygen atoms in total. The van der Waals surface area contributed by atoms with E-state index in [1.807, 2.05) is 0 Å². The molecule has 22 heavy (non-hydrogen) atoms. The van der Waals surface area contributed by atoms with Crippen molar-refractivity contribution in [1.82, 2.24) is 4.98 Å². The summed E-state index contributed by atoms with van der Waals surface area (Å²) in [6, 6.07) is 5.92. The van der Waals surface area contributed by atoms with Gasteiger partial charge in [0.1, 0.15) is 6.20 Å². The monoisotopic (exact) mass is 301 g/mol. The number of nitrogens with zero attached hydrogens (tertiary/aromatic N) is 3. The van der Waals surface area contributed by atoms with E-state index in [0.29, 0.717) is 11.1 Å². The van der Waals surface area contributed by atoms with Gasteiger partial charge in [0.25, 0.3) is 5.69 Å². The number of benzene rings is 1. The van der Waals surface area contributed by atoms with E-state index in [-0.39, 0.29) is 17.1 Å². The van der Waals surface area contributed by atoms with Crippen molar-refractivity contribution in [2.75, 3.05) is 7.11 Å². The number of hydrogen-bond donors (Lipinski definition) is 0. The van der Waals surface area contributed by atoms with Crippen LogP contribution in [0.5, 0.6) is 5.75 Å². The molecule has 0 amide bonds. The summed E-state index contributed by atoms with van der Waals surface area (Å²) in [4.78, 5) is 24.5. The summed E-state index contributed by atoms with van der Waals surface area (Å²) in [5.74, 6) is 0.150. The molecule has 0 spiro atoms. The third kappa shape index (κ3) is 3.23. The van der Waals surface area contributed by atoms with Crippen LogP contribution in [0.25, 0.3) is 12.2 Å². The van der Waals surface area contributed by atoms with Crippen LogP contribution in [-0.4, -0.2) is 21.9 Å². The van der Waals surface area contributed by atoms with Gasteiger partial charge in [0.2, 0.25) is 0 Å². The molecule has 0 fully saturated rings. The second-order valence-electron chi connectivity index (χ2n) is 4.21. The minimum absolute atomic E-state index is 0.137. The maximum atomic E-state index is 11.0. The Kier molecular flexibility index (Phi) is 4.42. The number of nitro benzene ring substituents is 1. The molecule has 2 aromatic rings. The van der Waals surface area contributed by atoms with Crippen LogP contribution in [0, 0.1) is 20.2 Å². The molecular formula is C14H11N3O5. The number of hydrogen-bond acceptors (Lipinski definition) is 6. The SMILES string of the molecule is COc1ccc(C=Cc2ccncc2[N+](=O)[O-])cc1[N+](=O)[O-]. The zero-order valence-electron chi connectivity index (χ0n) is 11.5. The Bertz CT molecular complexity index is 758. The van der Waals surface area contributed by atoms with Gasteiger partial charge in [-0.15, -0.1) is 0 Å². The Morgan fingerprint density at radius 1 is 1.09 bits per heavy atom. The highest BCUT2D eigenvalue weighted by Crippen LogP contribution is 2.28. The zero-order valence-corrected chi connectivity index (χ0v) is 11.5. The van der Waals surface area contributed by atoms with Crippen molar-refractivity contribution in [2.45, 2.75) is 0 Å². The summed E-state index contributed by atoms with van der Waals surface area (Å²) in [6.07, 6.45) is 5.64. The molecule has 0 radical (unpaired) electrons. The third-order valence-corrected chi connectivity index (χ3v) is 2.88. The van der Waals surface area contributed by atoms with E-state index in [2.05, 4.69) is 4.98 Å². The molecule has 0 N–H and O–H groups in total. The molecule has 1 aromatic heterocycles. The van der Waals surface area contributed by atoms with Crippen LogP contribution < -0.4 is 4.74 Å². The van der Waals surface area contributed by atoms with Crippen LogP contribution in [0.15, 0.2) is 36.7 Å². The Morgan fingerprint density at radius 3 is 2.45 bits per heavy atom. The highest BCUT2D eigenvalue weighted by atomic mass is 16.6. The number of methoxy groups -OCH3 is 1. The second kappa shape index (κ2) is 6.44. The van der Waals surface area contributed by atoms with Gasteiger partial charge < -0.3 is 4.74 Å². The largest absolute Gasteiger partial charge is 0.490 e. The van der Waals surface area contributed by atoms with Crippen LogP contribution in [-0.2, 0) is 0 Å². The van der Waals surface area contributed by atoms with E-state index >= 15 is 0 Å². The van der Waals surface area contributed by atoms with E-state index in [1.165, 1.54) is 37.6 Å². The summed E-state index contributed by atoms with van der Waals surface area (Å²) in [7, 11) is 1.35. The second-order valence-corrected chi connectivity index (χ2v) is 4.21. The molecule has 112 valence electrons. The lowest BCUT2D eigenvalue weighted by atomic mass is 10.1. The fraction of sp³-hybridized carbons (Fsp3) is 0.0714. The molecule has 0 bridgehead atoms. The van der Waals surface area contributed by atoms with Crippen LogP contribution in [0.3, 0.4) is 0 Å². The van der Waals surface area contributed by atoms with Gasteiger partial charge in [-0.1, -0.05) is 12.1 Å². The normalized spacial score (nSPS) is 10.6. The van der Waals surface area contributed by atoms with E-state index in [9.17, 15) is 20.2 Å². The standard InChI is InChI=1S/C14H11N3O5/c1-22-14-5-3-10(8-12(14)16(18)19)2-4-11-6-7-15-9-13(11)17(20)21/h2-9H,1H3. The predicted octanol–water partition coefficient (Wildman–Crippen LogP) is 3.08. The molecule has 0 unspecified atom stereocenters. The van der Waals surface area contributed by atoms with E-state index in [1.54, 1.807) is 12.1 Å². The molecule has 8 heteroatoms. The van der Waals surface area contributed by atoms with E-state index < -0.39 is 9.85 Å². The maximum Gasteiger partial charge on any atom is 0.311 e. The van der Waals surface area contributed by atoms with Gasteiger partial charge in [-0.2, -0.15) is 0 Å². The van der Waals surface area contributed by atoms with Crippen molar-refractivity contribution >= 4 is 23.5 Å². The lowest BCUT2D eigenvalue weighted by molar-refractivity contribution is -0.385. The first-order valence-electron chi connectivity index (χ1n) is 6.12. The molecule has 0 aliphatic rings. The highest BCUT2D eigenvalue weighted by molar-refractivity contribution is 5.75. The smallest absolute Gasteiger partial charge is 0.311 e. The number of aromatic nitrogens is 1. The Hall–Kier alpha value is -3.29. The topological polar surface area (TPSA) is 108 Å². The van der Waals surface area contributed by atoms with Crippen molar-refractivity contribution in [3.63, 3.8) is 0 Å². The van der Waals surface area contributed by atoms with Gasteiger partial charge in [-0.3, -0.25) is 25.2 Å². The molecule has 2 rings (SSSR count). The van der Waals surface area contributed by atoms with Crippen LogP contribution in [0.4, 0.5) is 11.4 Å². The first kappa shape index (κ1) is 15.1. The summed E-state index contributed by atoms with van der Waals surface area (Å²) < 4.78 is 4.91. The minimum Gasteiger partial charge on any atom is -0.490 e. The van der Waals surface area contributed by atoms with E-state index in [4.69, 9.17) is 4.74 Å². The Labute approximate surface area is 125 Å². The molecule has 0 atom stereocenters. The quantitative estimate of drug-likeness (QED) is 0.620. The Balaban J connectivity index is 2.37. The summed E-state index contributed by atoms with van der Waals surface area (Å²) in [5.41, 5.74) is 0.577. The minimum atomic E-state index is -0.551. The van der Waals surface area contributed by atoms with Crippen molar-refractivity contribution in [3.05, 3.63) is 68.0 Å². The predicted molar refractivity (Wildman–Crippen MR) is 79.5 cm³/mol. The van der Waals surface area contributed by atoms with Gasteiger partial charge in [-0.05, 0) is 23.8 Å². The third-order valence-electron chi connectivity index (χ3n) is 2.88. The van der Waals surface area contributed by atoms with Gasteiger partial charge >= 0.3 is 5.69 Å². The highest BCUT2D eigenvalue weighted by Gasteiger charge is 2.15. The van der Waals surface area contributed by atoms with Crippen LogP contribution >= 0.6 is 0 Å². The van der Waals surface area contributed by atoms with Crippen molar-refractivity contribution in [3.8, 4) is 5.75 Å². The fourth-order valence-corrected chi connectivity index (χ4v) is 1.83. The first-order valence-corrected chi connectivity index (χ1v) is 6.12. The number of pyridine rings is 1. The molecule has 0 saturated heterocycles. The lowest BCUT2D eigenvalue weighted by Crippen LogP contribution is -1.94.